The van der Waals surface area contributed by atoms with E-state index in [1.54, 1.807) is 12.3 Å². The minimum absolute atomic E-state index is 0. The Morgan fingerprint density at radius 2 is 2.40 bits per heavy atom. The molecule has 0 aromatic carbocycles. The summed E-state index contributed by atoms with van der Waals surface area (Å²) in [7, 11) is 1.97. The molecule has 1 aliphatic heterocycles. The molecule has 1 heterocycles. The minimum Gasteiger partial charge on any atom is -0.356 e. The van der Waals surface area contributed by atoms with Crippen molar-refractivity contribution in [1.82, 2.24) is 4.90 Å². The molecule has 2 nitrogen and oxygen atoms in total. The van der Waals surface area contributed by atoms with Gasteiger partial charge in [-0.05, 0) is 12.2 Å². The van der Waals surface area contributed by atoms with Crippen LogP contribution in [-0.2, 0) is 0 Å². The Labute approximate surface area is 67.4 Å². The summed E-state index contributed by atoms with van der Waals surface area (Å²) in [5, 5.41) is 0. The molecule has 56 valence electrons. The third-order valence-electron chi connectivity index (χ3n) is 1.27. The van der Waals surface area contributed by atoms with Crippen molar-refractivity contribution in [3.63, 3.8) is 0 Å². The predicted octanol–water partition coefficient (Wildman–Crippen LogP) is 1.45. The van der Waals surface area contributed by atoms with Crippen LogP contribution in [0.25, 0.3) is 0 Å². The van der Waals surface area contributed by atoms with Gasteiger partial charge in [0.1, 0.15) is 6.17 Å². The van der Waals surface area contributed by atoms with Crippen LogP contribution in [0.5, 0.6) is 0 Å². The first kappa shape index (κ1) is 9.24. The summed E-state index contributed by atoms with van der Waals surface area (Å²) in [4.78, 5) is 6.12. The molecule has 0 aromatic heterocycles. The molecule has 1 aliphatic rings. The maximum absolute atomic E-state index is 4.12. The van der Waals surface area contributed by atoms with Crippen molar-refractivity contribution in [2.45, 2.75) is 6.17 Å². The fourth-order valence-corrected chi connectivity index (χ4v) is 0.733. The fraction of sp³-hybridized carbons (Fsp3) is 0.286. The van der Waals surface area contributed by atoms with Gasteiger partial charge in [0.05, 0.1) is 0 Å². The number of nitrogens with zero attached hydrogens (tertiary/aromatic N) is 2. The number of hydrogen-bond acceptors (Lipinski definition) is 2. The summed E-state index contributed by atoms with van der Waals surface area (Å²) in [5.41, 5.74) is 0. The third-order valence-corrected chi connectivity index (χ3v) is 1.27. The fourth-order valence-electron chi connectivity index (χ4n) is 0.733. The maximum Gasteiger partial charge on any atom is 0.139 e. The summed E-state index contributed by atoms with van der Waals surface area (Å²) in [6, 6.07) is 0. The highest BCUT2D eigenvalue weighted by Crippen LogP contribution is 2.02. The van der Waals surface area contributed by atoms with E-state index in [-0.39, 0.29) is 18.6 Å². The lowest BCUT2D eigenvalue weighted by Crippen LogP contribution is -2.24. The summed E-state index contributed by atoms with van der Waals surface area (Å²) in [6.07, 6.45) is 7.60. The van der Waals surface area contributed by atoms with Gasteiger partial charge in [0.15, 0.2) is 0 Å². The van der Waals surface area contributed by atoms with Crippen LogP contribution in [-0.4, -0.2) is 24.3 Å². The van der Waals surface area contributed by atoms with Crippen molar-refractivity contribution in [3.8, 4) is 0 Å². The second kappa shape index (κ2) is 4.12. The Balaban J connectivity index is 0.000000810. The average Bonchev–Trinajstić information content (AvgIpc) is 1.89. The molecule has 0 amide bonds. The van der Waals surface area contributed by atoms with Gasteiger partial charge in [0.2, 0.25) is 0 Å². The highest BCUT2D eigenvalue weighted by molar-refractivity contribution is 5.85. The molecule has 1 atom stereocenters. The van der Waals surface area contributed by atoms with Crippen molar-refractivity contribution in [2.75, 3.05) is 7.05 Å². The van der Waals surface area contributed by atoms with Crippen LogP contribution < -0.4 is 0 Å². The molecule has 0 aromatic rings. The van der Waals surface area contributed by atoms with Crippen molar-refractivity contribution >= 4 is 18.6 Å². The molecule has 1 rings (SSSR count). The van der Waals surface area contributed by atoms with E-state index in [9.17, 15) is 0 Å². The van der Waals surface area contributed by atoms with Gasteiger partial charge >= 0.3 is 0 Å². The molecule has 0 saturated heterocycles. The van der Waals surface area contributed by atoms with E-state index >= 15 is 0 Å². The van der Waals surface area contributed by atoms with Gasteiger partial charge in [0.25, 0.3) is 0 Å². The lowest BCUT2D eigenvalue weighted by molar-refractivity contribution is 0.393. The molecule has 0 N–H and O–H groups in total. The van der Waals surface area contributed by atoms with E-state index < -0.39 is 0 Å². The van der Waals surface area contributed by atoms with E-state index in [4.69, 9.17) is 0 Å². The summed E-state index contributed by atoms with van der Waals surface area (Å²) in [5.74, 6) is 0. The minimum atomic E-state index is 0. The molecular formula is C7H11ClN2. The Morgan fingerprint density at radius 1 is 1.70 bits per heavy atom. The Bertz CT molecular complexity index is 163. The van der Waals surface area contributed by atoms with Crippen molar-refractivity contribution in [2.24, 2.45) is 4.99 Å². The molecule has 0 spiro atoms. The molecule has 3 heteroatoms. The van der Waals surface area contributed by atoms with Crippen LogP contribution in [0.4, 0.5) is 0 Å². The van der Waals surface area contributed by atoms with E-state index in [1.807, 2.05) is 24.2 Å². The Kier molecular flexibility index (Phi) is 3.81. The number of rotatable bonds is 1. The van der Waals surface area contributed by atoms with Crippen LogP contribution in [0.15, 0.2) is 29.9 Å². The monoisotopic (exact) mass is 158 g/mol. The third kappa shape index (κ3) is 1.88. The lowest BCUT2D eigenvalue weighted by atomic mass is 10.4. The first-order chi connectivity index (χ1) is 4.34. The first-order valence-electron chi connectivity index (χ1n) is 2.89. The van der Waals surface area contributed by atoms with Crippen LogP contribution in [0.1, 0.15) is 0 Å². The molecule has 0 bridgehead atoms. The van der Waals surface area contributed by atoms with Gasteiger partial charge < -0.3 is 4.90 Å². The first-order valence-corrected chi connectivity index (χ1v) is 2.89. The number of likely N-dealkylation sites (N-methyl/N-ethyl adjacent to an activating group) is 1. The summed E-state index contributed by atoms with van der Waals surface area (Å²) < 4.78 is 0. The molecule has 0 aliphatic carbocycles. The zero-order valence-corrected chi connectivity index (χ0v) is 6.71. The molecule has 0 radical (unpaired) electrons. The highest BCUT2D eigenvalue weighted by Gasteiger charge is 2.04. The van der Waals surface area contributed by atoms with Gasteiger partial charge in [0, 0.05) is 19.5 Å². The van der Waals surface area contributed by atoms with Crippen LogP contribution in [0, 0.1) is 0 Å². The molecular weight excluding hydrogens is 148 g/mol. The second-order valence-corrected chi connectivity index (χ2v) is 1.95. The van der Waals surface area contributed by atoms with Crippen molar-refractivity contribution < 1.29 is 0 Å². The van der Waals surface area contributed by atoms with E-state index in [0.717, 1.165) is 0 Å². The molecule has 10 heavy (non-hydrogen) atoms. The van der Waals surface area contributed by atoms with E-state index in [2.05, 4.69) is 11.6 Å². The van der Waals surface area contributed by atoms with Crippen LogP contribution in [0.3, 0.4) is 0 Å². The van der Waals surface area contributed by atoms with Crippen LogP contribution >= 0.6 is 12.4 Å². The Morgan fingerprint density at radius 3 is 2.80 bits per heavy atom. The lowest BCUT2D eigenvalue weighted by Gasteiger charge is -2.21. The number of halogens is 1. The molecule has 0 saturated carbocycles. The summed E-state index contributed by atoms with van der Waals surface area (Å²) >= 11 is 0. The highest BCUT2D eigenvalue weighted by atomic mass is 35.5. The SMILES string of the molecule is C=CC1N=CC=CN1C.Cl. The number of allylic oxidation sites excluding steroid dienone is 1. The van der Waals surface area contributed by atoms with E-state index in [1.165, 1.54) is 0 Å². The summed E-state index contributed by atoms with van der Waals surface area (Å²) in [6.45, 7) is 3.65. The normalized spacial score (nSPS) is 22.1. The zero-order valence-electron chi connectivity index (χ0n) is 5.90. The number of aliphatic imine (C=N–C) groups is 1. The average molecular weight is 159 g/mol. The van der Waals surface area contributed by atoms with Crippen LogP contribution in [0.2, 0.25) is 0 Å². The molecule has 1 unspecified atom stereocenters. The van der Waals surface area contributed by atoms with Gasteiger partial charge in [-0.3, -0.25) is 4.99 Å². The van der Waals surface area contributed by atoms with Crippen molar-refractivity contribution in [1.29, 1.82) is 0 Å². The van der Waals surface area contributed by atoms with Gasteiger partial charge in [-0.15, -0.1) is 12.4 Å². The largest absolute Gasteiger partial charge is 0.356 e. The quantitative estimate of drug-likeness (QED) is 0.528. The standard InChI is InChI=1S/C7H10N2.ClH/c1-3-7-8-5-4-6-9(7)2;/h3-7H,1H2,2H3;1H. The topological polar surface area (TPSA) is 15.6 Å². The smallest absolute Gasteiger partial charge is 0.139 e. The second-order valence-electron chi connectivity index (χ2n) is 1.95. The predicted molar refractivity (Wildman–Crippen MR) is 46.6 cm³/mol. The van der Waals surface area contributed by atoms with Gasteiger partial charge in [-0.2, -0.15) is 0 Å². The molecule has 0 fully saturated rings. The van der Waals surface area contributed by atoms with E-state index in [0.29, 0.717) is 0 Å². The number of hydrogen-bond donors (Lipinski definition) is 0. The maximum atomic E-state index is 4.12. The van der Waals surface area contributed by atoms with Crippen molar-refractivity contribution in [3.05, 3.63) is 24.9 Å². The zero-order chi connectivity index (χ0) is 6.69. The van der Waals surface area contributed by atoms with Gasteiger partial charge in [-0.25, -0.2) is 0 Å². The van der Waals surface area contributed by atoms with Gasteiger partial charge in [-0.1, -0.05) is 6.58 Å². The Hall–Kier alpha value is -0.760.